The van der Waals surface area contributed by atoms with E-state index in [0.717, 1.165) is 78.5 Å². The minimum Gasteiger partial charge on any atom is -0.315 e. The van der Waals surface area contributed by atoms with Crippen molar-refractivity contribution in [3.8, 4) is 0 Å². The van der Waals surface area contributed by atoms with E-state index < -0.39 is 0 Å². The van der Waals surface area contributed by atoms with Crippen LogP contribution in [0.2, 0.25) is 0 Å². The third-order valence-corrected chi connectivity index (χ3v) is 17.3. The highest BCUT2D eigenvalue weighted by molar-refractivity contribution is 5.23. The maximum Gasteiger partial charge on any atom is 0.0233 e. The van der Waals surface area contributed by atoms with Gasteiger partial charge in [0, 0.05) is 52.4 Å². The highest BCUT2D eigenvalue weighted by Gasteiger charge is 2.12. The first kappa shape index (κ1) is 72.4. The van der Waals surface area contributed by atoms with E-state index in [9.17, 15) is 0 Å². The molecular formula is C72H136N8. The molecular weight excluding hydrogens is 977 g/mol. The molecule has 0 atom stereocenters. The zero-order chi connectivity index (χ0) is 56.7. The van der Waals surface area contributed by atoms with E-state index in [1.807, 2.05) is 0 Å². The molecule has 0 unspecified atom stereocenters. The van der Waals surface area contributed by atoms with Crippen molar-refractivity contribution in [1.29, 1.82) is 0 Å². The lowest BCUT2D eigenvalue weighted by atomic mass is 10.1. The van der Waals surface area contributed by atoms with Gasteiger partial charge in [-0.25, -0.2) is 0 Å². The van der Waals surface area contributed by atoms with Crippen molar-refractivity contribution in [2.45, 2.75) is 285 Å². The normalized spacial score (nSPS) is 17.1. The van der Waals surface area contributed by atoms with Crippen LogP contribution < -0.4 is 21.3 Å². The Bertz CT molecular complexity index is 1320. The summed E-state index contributed by atoms with van der Waals surface area (Å²) in [7, 11) is 0. The van der Waals surface area contributed by atoms with Gasteiger partial charge < -0.3 is 21.3 Å². The van der Waals surface area contributed by atoms with Gasteiger partial charge in [0.2, 0.25) is 0 Å². The van der Waals surface area contributed by atoms with Gasteiger partial charge in [0.05, 0.1) is 0 Å². The summed E-state index contributed by atoms with van der Waals surface area (Å²) in [6.07, 6.45) is 49.1. The van der Waals surface area contributed by atoms with Crippen LogP contribution in [-0.2, 0) is 26.2 Å². The van der Waals surface area contributed by atoms with Crippen LogP contribution in [0.3, 0.4) is 0 Å². The first-order valence-corrected chi connectivity index (χ1v) is 35.5. The lowest BCUT2D eigenvalue weighted by molar-refractivity contribution is 0.251. The van der Waals surface area contributed by atoms with E-state index >= 15 is 0 Å². The molecule has 0 radical (unpaired) electrons. The van der Waals surface area contributed by atoms with Gasteiger partial charge in [-0.1, -0.05) is 256 Å². The molecule has 0 aromatic heterocycles. The molecule has 4 heterocycles. The van der Waals surface area contributed by atoms with Crippen molar-refractivity contribution in [3.05, 3.63) is 70.8 Å². The topological polar surface area (TPSA) is 61.1 Å². The molecule has 4 aliphatic rings. The largest absolute Gasteiger partial charge is 0.315 e. The van der Waals surface area contributed by atoms with Crippen LogP contribution in [-0.4, -0.2) is 124 Å². The molecule has 80 heavy (non-hydrogen) atoms. The van der Waals surface area contributed by atoms with E-state index in [2.05, 4.69) is 117 Å². The second-order valence-corrected chi connectivity index (χ2v) is 25.1. The Morgan fingerprint density at radius 1 is 0.237 bits per heavy atom. The first-order valence-electron chi connectivity index (χ1n) is 35.5. The highest BCUT2D eigenvalue weighted by atomic mass is 15.1. The van der Waals surface area contributed by atoms with Gasteiger partial charge in [0.25, 0.3) is 0 Å². The summed E-state index contributed by atoms with van der Waals surface area (Å²) in [5, 5.41) is 15.2. The van der Waals surface area contributed by atoms with Crippen molar-refractivity contribution < 1.29 is 0 Å². The van der Waals surface area contributed by atoms with Gasteiger partial charge >= 0.3 is 0 Å². The molecule has 464 valence electrons. The van der Waals surface area contributed by atoms with Gasteiger partial charge in [0.1, 0.15) is 0 Å². The fraction of sp³-hybridized carbons (Fsp3) is 0.833. The molecule has 4 aliphatic heterocycles. The summed E-state index contributed by atoms with van der Waals surface area (Å²) in [5.74, 6) is 0. The third kappa shape index (κ3) is 42.9. The SMILES string of the molecule is CCCCCCCCCCN1CCCNCCNCCCN(CCCCCCCCCC)Cc2ccc(cc2)CN(CCCCCCCCCC)CCCNCCNCCCN(CCCCCCCCCC)Cc2ccc(cc2)C1. The van der Waals surface area contributed by atoms with Gasteiger partial charge in [-0.15, -0.1) is 0 Å². The fourth-order valence-corrected chi connectivity index (χ4v) is 12.1. The van der Waals surface area contributed by atoms with Crippen LogP contribution in [0, 0.1) is 0 Å². The Kier molecular flexibility index (Phi) is 49.8. The maximum absolute atomic E-state index is 3.81. The Hall–Kier alpha value is -1.88. The molecule has 4 bridgehead atoms. The lowest BCUT2D eigenvalue weighted by Crippen LogP contribution is -2.33. The van der Waals surface area contributed by atoms with E-state index in [0.29, 0.717) is 0 Å². The Labute approximate surface area is 499 Å². The van der Waals surface area contributed by atoms with Gasteiger partial charge in [-0.2, -0.15) is 0 Å². The van der Waals surface area contributed by atoms with Crippen LogP contribution in [0.25, 0.3) is 0 Å². The van der Waals surface area contributed by atoms with Crippen LogP contribution >= 0.6 is 0 Å². The number of nitrogens with one attached hydrogen (secondary N) is 4. The first-order chi connectivity index (χ1) is 39.6. The lowest BCUT2D eigenvalue weighted by Gasteiger charge is -2.24. The van der Waals surface area contributed by atoms with Gasteiger partial charge in [-0.3, -0.25) is 19.6 Å². The van der Waals surface area contributed by atoms with Crippen molar-refractivity contribution >= 4 is 0 Å². The predicted molar refractivity (Wildman–Crippen MR) is 354 cm³/mol. The molecule has 0 fully saturated rings. The molecule has 8 heteroatoms. The molecule has 0 amide bonds. The summed E-state index contributed by atoms with van der Waals surface area (Å²) < 4.78 is 0. The maximum atomic E-state index is 3.81. The second-order valence-electron chi connectivity index (χ2n) is 25.1. The summed E-state index contributed by atoms with van der Waals surface area (Å²) >= 11 is 0. The van der Waals surface area contributed by atoms with Crippen molar-refractivity contribution in [2.24, 2.45) is 0 Å². The molecule has 0 aliphatic carbocycles. The molecule has 0 saturated heterocycles. The average Bonchev–Trinajstić information content (AvgIpc) is 3.47. The molecule has 0 saturated carbocycles. The fourth-order valence-electron chi connectivity index (χ4n) is 12.1. The molecule has 2 aromatic carbocycles. The highest BCUT2D eigenvalue weighted by Crippen LogP contribution is 2.18. The van der Waals surface area contributed by atoms with Crippen LogP contribution in [0.4, 0.5) is 0 Å². The summed E-state index contributed by atoms with van der Waals surface area (Å²) in [6, 6.07) is 19.7. The minimum absolute atomic E-state index is 1.05. The smallest absolute Gasteiger partial charge is 0.0233 e. The van der Waals surface area contributed by atoms with Gasteiger partial charge in [0.15, 0.2) is 0 Å². The monoisotopic (exact) mass is 1110 g/mol. The molecule has 8 nitrogen and oxygen atoms in total. The Morgan fingerprint density at radius 2 is 0.412 bits per heavy atom. The molecule has 4 N–H and O–H groups in total. The number of unbranched alkanes of at least 4 members (excludes halogenated alkanes) is 28. The van der Waals surface area contributed by atoms with Crippen LogP contribution in [0.5, 0.6) is 0 Å². The number of hydrogen-bond donors (Lipinski definition) is 4. The zero-order valence-electron chi connectivity index (χ0n) is 54.0. The van der Waals surface area contributed by atoms with Crippen molar-refractivity contribution in [3.63, 3.8) is 0 Å². The van der Waals surface area contributed by atoms with E-state index in [1.165, 1.54) is 306 Å². The van der Waals surface area contributed by atoms with E-state index in [1.54, 1.807) is 0 Å². The Balaban J connectivity index is 1.64. The third-order valence-electron chi connectivity index (χ3n) is 17.3. The predicted octanol–water partition coefficient (Wildman–Crippen LogP) is 17.1. The average molecular weight is 1110 g/mol. The van der Waals surface area contributed by atoms with Crippen molar-refractivity contribution in [2.75, 3.05) is 105 Å². The molecule has 0 spiro atoms. The number of nitrogens with zero attached hydrogens (tertiary/aromatic N) is 4. The second kappa shape index (κ2) is 55.0. The van der Waals surface area contributed by atoms with Gasteiger partial charge in [-0.05, 0) is 152 Å². The summed E-state index contributed by atoms with van der Waals surface area (Å²) in [5.41, 5.74) is 5.91. The summed E-state index contributed by atoms with van der Waals surface area (Å²) in [4.78, 5) is 11.0. The van der Waals surface area contributed by atoms with Crippen LogP contribution in [0.1, 0.15) is 281 Å². The molecule has 6 rings (SSSR count). The van der Waals surface area contributed by atoms with Crippen LogP contribution in [0.15, 0.2) is 48.5 Å². The number of benzene rings is 2. The van der Waals surface area contributed by atoms with E-state index in [4.69, 9.17) is 0 Å². The Morgan fingerprint density at radius 3 is 0.600 bits per heavy atom. The zero-order valence-corrected chi connectivity index (χ0v) is 54.0. The standard InChI is InChI=1S/C72H136N8/c1-5-9-13-17-21-25-29-33-57-77-61-37-49-73-53-54-74-50-38-63-79(59-35-31-27-23-19-15-11-7-3)67-71-45-47-72(48-46-71)68-80(60-36-32-28-24-20-16-12-8-4)64-40-52-76-56-55-75-51-39-62-78(58-34-30-26-22-18-14-10-6-2)66-70-43-41-69(65-77)42-44-70/h41-48,73-76H,5-40,49-68H2,1-4H3. The quantitative estimate of drug-likeness (QED) is 0.0504. The molecule has 2 aromatic rings. The number of rotatable bonds is 36. The van der Waals surface area contributed by atoms with Crippen molar-refractivity contribution in [1.82, 2.24) is 40.9 Å². The van der Waals surface area contributed by atoms with E-state index in [-0.39, 0.29) is 0 Å². The summed E-state index contributed by atoms with van der Waals surface area (Å²) in [6.45, 7) is 31.7. The number of hydrogen-bond acceptors (Lipinski definition) is 8. The minimum atomic E-state index is 1.05.